The monoisotopic (exact) mass is 271 g/mol. The Bertz CT molecular complexity index is 507. The summed E-state index contributed by atoms with van der Waals surface area (Å²) >= 11 is 0. The second kappa shape index (κ2) is 5.97. The van der Waals surface area contributed by atoms with Crippen LogP contribution in [-0.4, -0.2) is 33.8 Å². The Kier molecular flexibility index (Phi) is 4.86. The zero-order valence-corrected chi connectivity index (χ0v) is 11.5. The Balaban J connectivity index is 2.63. The average Bonchev–Trinajstić information content (AvgIpc) is 2.34. The second-order valence-electron chi connectivity index (χ2n) is 4.01. The van der Waals surface area contributed by atoms with Gasteiger partial charge in [-0.1, -0.05) is 12.1 Å². The van der Waals surface area contributed by atoms with E-state index >= 15 is 0 Å². The van der Waals surface area contributed by atoms with Gasteiger partial charge in [0.2, 0.25) is 5.91 Å². The number of carbonyl (C=O) groups is 1. The van der Waals surface area contributed by atoms with Gasteiger partial charge in [0.05, 0.1) is 4.90 Å². The van der Waals surface area contributed by atoms with Crippen molar-refractivity contribution in [3.05, 3.63) is 29.8 Å². The van der Waals surface area contributed by atoms with Gasteiger partial charge in [0.15, 0.2) is 9.84 Å². The maximum atomic E-state index is 11.4. The van der Waals surface area contributed by atoms with Gasteiger partial charge >= 0.3 is 0 Å². The van der Waals surface area contributed by atoms with Crippen molar-refractivity contribution < 1.29 is 17.9 Å². The van der Waals surface area contributed by atoms with Gasteiger partial charge in [-0.25, -0.2) is 8.42 Å². The summed E-state index contributed by atoms with van der Waals surface area (Å²) in [5.41, 5.74) is 0.832. The molecule has 6 heteroatoms. The predicted octanol–water partition coefficient (Wildman–Crippen LogP) is 0.741. The fourth-order valence-corrected chi connectivity index (χ4v) is 1.92. The molecule has 1 atom stereocenters. The molecule has 0 aliphatic rings. The predicted molar refractivity (Wildman–Crippen MR) is 67.9 cm³/mol. The Morgan fingerprint density at radius 3 is 2.33 bits per heavy atom. The third-order valence-corrected chi connectivity index (χ3v) is 3.67. The molecular weight excluding hydrogens is 254 g/mol. The highest BCUT2D eigenvalue weighted by molar-refractivity contribution is 7.90. The molecule has 1 unspecified atom stereocenters. The fraction of sp³-hybridized carbons (Fsp3) is 0.417. The molecule has 1 rings (SSSR count). The molecule has 0 fully saturated rings. The molecule has 0 saturated heterocycles. The Morgan fingerprint density at radius 2 is 1.89 bits per heavy atom. The molecule has 0 aliphatic carbocycles. The molecule has 0 saturated carbocycles. The van der Waals surface area contributed by atoms with Crippen LogP contribution in [0.4, 0.5) is 0 Å². The van der Waals surface area contributed by atoms with Crippen LogP contribution in [-0.2, 0) is 25.9 Å². The number of benzene rings is 1. The van der Waals surface area contributed by atoms with Crippen LogP contribution < -0.4 is 5.32 Å². The van der Waals surface area contributed by atoms with Crippen LogP contribution in [0.5, 0.6) is 0 Å². The van der Waals surface area contributed by atoms with E-state index in [-0.39, 0.29) is 10.8 Å². The molecule has 0 spiro atoms. The van der Waals surface area contributed by atoms with Crippen LogP contribution in [0, 0.1) is 0 Å². The largest absolute Gasteiger partial charge is 0.372 e. The lowest BCUT2D eigenvalue weighted by Gasteiger charge is -2.10. The first-order valence-corrected chi connectivity index (χ1v) is 7.33. The number of carbonyl (C=O) groups excluding carboxylic acids is 1. The average molecular weight is 271 g/mol. The molecule has 0 bridgehead atoms. The van der Waals surface area contributed by atoms with E-state index in [4.69, 9.17) is 4.74 Å². The zero-order chi connectivity index (χ0) is 13.8. The van der Waals surface area contributed by atoms with Gasteiger partial charge in [0.25, 0.3) is 0 Å². The van der Waals surface area contributed by atoms with Crippen molar-refractivity contribution in [3.63, 3.8) is 0 Å². The van der Waals surface area contributed by atoms with E-state index in [2.05, 4.69) is 5.32 Å². The maximum Gasteiger partial charge on any atom is 0.249 e. The van der Waals surface area contributed by atoms with Crippen LogP contribution >= 0.6 is 0 Å². The smallest absolute Gasteiger partial charge is 0.249 e. The molecule has 100 valence electrons. The van der Waals surface area contributed by atoms with E-state index in [1.54, 1.807) is 19.1 Å². The molecule has 1 aromatic carbocycles. The highest BCUT2D eigenvalue weighted by Crippen LogP contribution is 2.10. The van der Waals surface area contributed by atoms with Crippen molar-refractivity contribution in [2.45, 2.75) is 24.5 Å². The van der Waals surface area contributed by atoms with Crippen LogP contribution in [0.25, 0.3) is 0 Å². The summed E-state index contributed by atoms with van der Waals surface area (Å²) in [4.78, 5) is 11.7. The van der Waals surface area contributed by atoms with Gasteiger partial charge < -0.3 is 10.1 Å². The maximum absolute atomic E-state index is 11.4. The summed E-state index contributed by atoms with van der Waals surface area (Å²) in [6.07, 6.45) is 0.657. The van der Waals surface area contributed by atoms with E-state index in [1.807, 2.05) is 0 Å². The summed E-state index contributed by atoms with van der Waals surface area (Å²) in [5, 5.41) is 2.69. The van der Waals surface area contributed by atoms with Gasteiger partial charge in [-0.2, -0.15) is 0 Å². The van der Waals surface area contributed by atoms with Crippen LogP contribution in [0.15, 0.2) is 29.2 Å². The normalized spacial score (nSPS) is 13.1. The van der Waals surface area contributed by atoms with E-state index in [9.17, 15) is 13.2 Å². The summed E-state index contributed by atoms with van der Waals surface area (Å²) in [7, 11) is -1.71. The highest BCUT2D eigenvalue weighted by Gasteiger charge is 2.11. The highest BCUT2D eigenvalue weighted by atomic mass is 32.2. The minimum Gasteiger partial charge on any atom is -0.372 e. The van der Waals surface area contributed by atoms with E-state index in [1.165, 1.54) is 19.2 Å². The van der Waals surface area contributed by atoms with Gasteiger partial charge in [0.1, 0.15) is 6.10 Å². The summed E-state index contributed by atoms with van der Waals surface area (Å²) < 4.78 is 27.4. The third kappa shape index (κ3) is 4.12. The van der Waals surface area contributed by atoms with Gasteiger partial charge in [-0.15, -0.1) is 0 Å². The summed E-state index contributed by atoms with van der Waals surface area (Å²) in [5.74, 6) is -0.204. The van der Waals surface area contributed by atoms with Gasteiger partial charge in [-0.05, 0) is 24.6 Å². The van der Waals surface area contributed by atoms with E-state index < -0.39 is 15.9 Å². The van der Waals surface area contributed by atoms with Crippen molar-refractivity contribution in [2.75, 3.05) is 13.4 Å². The van der Waals surface area contributed by atoms with Crippen molar-refractivity contribution in [1.29, 1.82) is 0 Å². The fourth-order valence-electron chi connectivity index (χ4n) is 1.29. The lowest BCUT2D eigenvalue weighted by atomic mass is 10.2. The number of nitrogens with one attached hydrogen (secondary N) is 1. The Morgan fingerprint density at radius 1 is 1.33 bits per heavy atom. The van der Waals surface area contributed by atoms with Crippen molar-refractivity contribution in [2.24, 2.45) is 0 Å². The van der Waals surface area contributed by atoms with E-state index in [0.29, 0.717) is 6.54 Å². The van der Waals surface area contributed by atoms with Crippen LogP contribution in [0.2, 0.25) is 0 Å². The Hall–Kier alpha value is -1.40. The third-order valence-electron chi connectivity index (χ3n) is 2.54. The van der Waals surface area contributed by atoms with Crippen molar-refractivity contribution in [3.8, 4) is 0 Å². The number of rotatable bonds is 5. The number of ether oxygens (including phenoxy) is 1. The number of hydrogen-bond donors (Lipinski definition) is 1. The quantitative estimate of drug-likeness (QED) is 0.857. The molecule has 1 aromatic rings. The number of hydrogen-bond acceptors (Lipinski definition) is 4. The minimum atomic E-state index is -3.18. The number of sulfone groups is 1. The molecule has 5 nitrogen and oxygen atoms in total. The van der Waals surface area contributed by atoms with Gasteiger partial charge in [0, 0.05) is 19.9 Å². The molecule has 1 amide bonds. The molecule has 0 heterocycles. The van der Waals surface area contributed by atoms with Crippen LogP contribution in [0.3, 0.4) is 0 Å². The molecular formula is C12H17NO4S. The molecule has 0 aliphatic heterocycles. The van der Waals surface area contributed by atoms with E-state index in [0.717, 1.165) is 11.8 Å². The first-order valence-electron chi connectivity index (χ1n) is 5.44. The summed E-state index contributed by atoms with van der Waals surface area (Å²) in [6, 6.07) is 6.40. The van der Waals surface area contributed by atoms with Gasteiger partial charge in [-0.3, -0.25) is 4.79 Å². The van der Waals surface area contributed by atoms with Crippen molar-refractivity contribution >= 4 is 15.7 Å². The lowest BCUT2D eigenvalue weighted by molar-refractivity contribution is -0.130. The topological polar surface area (TPSA) is 72.5 Å². The SMILES string of the molecule is COC(C)C(=O)NCc1ccc(S(C)(=O)=O)cc1. The molecule has 1 N–H and O–H groups in total. The number of amides is 1. The second-order valence-corrected chi connectivity index (χ2v) is 6.03. The Labute approximate surface area is 107 Å². The van der Waals surface area contributed by atoms with Crippen LogP contribution in [0.1, 0.15) is 12.5 Å². The molecule has 0 aromatic heterocycles. The lowest BCUT2D eigenvalue weighted by Crippen LogP contribution is -2.33. The standard InChI is InChI=1S/C12H17NO4S/c1-9(17-2)12(14)13-8-10-4-6-11(7-5-10)18(3,15)16/h4-7,9H,8H2,1-3H3,(H,13,14). The summed E-state index contributed by atoms with van der Waals surface area (Å²) in [6.45, 7) is 2.00. The zero-order valence-electron chi connectivity index (χ0n) is 10.6. The first kappa shape index (κ1) is 14.7. The molecule has 0 radical (unpaired) electrons. The molecule has 18 heavy (non-hydrogen) atoms. The first-order chi connectivity index (χ1) is 8.34. The minimum absolute atomic E-state index is 0.204. The van der Waals surface area contributed by atoms with Crippen molar-refractivity contribution in [1.82, 2.24) is 5.32 Å². The number of methoxy groups -OCH3 is 1.